The van der Waals surface area contributed by atoms with Crippen molar-refractivity contribution in [3.8, 4) is 5.75 Å². The van der Waals surface area contributed by atoms with E-state index in [2.05, 4.69) is 15.0 Å². The van der Waals surface area contributed by atoms with Gasteiger partial charge in [0.05, 0.1) is 31.4 Å². The molecule has 1 unspecified atom stereocenters. The van der Waals surface area contributed by atoms with Crippen LogP contribution in [0.5, 0.6) is 5.75 Å². The molecule has 0 spiro atoms. The van der Waals surface area contributed by atoms with E-state index in [4.69, 9.17) is 19.5 Å². The van der Waals surface area contributed by atoms with Gasteiger partial charge in [0.2, 0.25) is 5.95 Å². The van der Waals surface area contributed by atoms with Crippen LogP contribution in [0.15, 0.2) is 47.0 Å². The molecule has 0 saturated heterocycles. The molecule has 12 nitrogen and oxygen atoms in total. The van der Waals surface area contributed by atoms with Gasteiger partial charge in [0.15, 0.2) is 11.2 Å². The molecule has 1 fully saturated rings. The van der Waals surface area contributed by atoms with Crippen LogP contribution in [0.4, 0.5) is 5.95 Å². The van der Waals surface area contributed by atoms with E-state index < -0.39 is 30.5 Å². The van der Waals surface area contributed by atoms with Crippen molar-refractivity contribution in [2.75, 3.05) is 25.1 Å². The second-order valence-electron chi connectivity index (χ2n) is 9.95. The van der Waals surface area contributed by atoms with E-state index in [0.717, 1.165) is 18.4 Å². The van der Waals surface area contributed by atoms with Gasteiger partial charge in [-0.05, 0) is 37.5 Å². The Morgan fingerprint density at radius 2 is 2.08 bits per heavy atom. The number of ether oxygens (including phenoxy) is 1. The number of para-hydroxylation sites is 1. The molecule has 210 valence electrons. The number of anilines is 1. The Bertz CT molecular complexity index is 1450. The quantitative estimate of drug-likeness (QED) is 0.208. The number of rotatable bonds is 13. The zero-order valence-electron chi connectivity index (χ0n) is 22.2. The molecule has 0 amide bonds. The zero-order chi connectivity index (χ0) is 28.2. The summed E-state index contributed by atoms with van der Waals surface area (Å²) in [5.74, 6) is -0.931. The van der Waals surface area contributed by atoms with Crippen LogP contribution in [-0.2, 0) is 18.6 Å². The van der Waals surface area contributed by atoms with Crippen molar-refractivity contribution in [3.63, 3.8) is 0 Å². The molecule has 13 heteroatoms. The highest BCUT2D eigenvalue weighted by Gasteiger charge is 2.51. The van der Waals surface area contributed by atoms with E-state index in [-0.39, 0.29) is 42.6 Å². The summed E-state index contributed by atoms with van der Waals surface area (Å²) in [5, 5.41) is 10.2. The molecule has 4 atom stereocenters. The molecule has 0 radical (unpaired) electrons. The van der Waals surface area contributed by atoms with Crippen LogP contribution in [-0.4, -0.2) is 56.1 Å². The van der Waals surface area contributed by atoms with Gasteiger partial charge in [-0.25, -0.2) is 9.55 Å². The zero-order valence-corrected chi connectivity index (χ0v) is 23.1. The van der Waals surface area contributed by atoms with Crippen LogP contribution in [0, 0.1) is 11.3 Å². The van der Waals surface area contributed by atoms with Crippen molar-refractivity contribution < 1.29 is 28.3 Å². The molecule has 1 aromatic carbocycles. The van der Waals surface area contributed by atoms with Crippen LogP contribution in [0.1, 0.15) is 40.0 Å². The highest BCUT2D eigenvalue weighted by molar-refractivity contribution is 7.54. The van der Waals surface area contributed by atoms with Crippen molar-refractivity contribution in [3.05, 3.63) is 52.6 Å². The van der Waals surface area contributed by atoms with Gasteiger partial charge < -0.3 is 20.1 Å². The third-order valence-electron chi connectivity index (χ3n) is 6.57. The van der Waals surface area contributed by atoms with Crippen LogP contribution >= 0.6 is 7.60 Å². The van der Waals surface area contributed by atoms with Gasteiger partial charge in [0.1, 0.15) is 12.1 Å². The largest absolute Gasteiger partial charge is 0.462 e. The minimum absolute atomic E-state index is 0.0454. The van der Waals surface area contributed by atoms with Crippen molar-refractivity contribution >= 4 is 36.9 Å². The molecule has 4 N–H and O–H groups in total. The predicted octanol–water partition coefficient (Wildman–Crippen LogP) is 3.58. The number of nitrogens with two attached hydrogens (primary N) is 1. The van der Waals surface area contributed by atoms with E-state index in [9.17, 15) is 19.3 Å². The fraction of sp³-hybridized carbons (Fsp3) is 0.462. The number of carbonyl (C=O) groups excluding carboxylic acids is 1. The van der Waals surface area contributed by atoms with E-state index in [1.165, 1.54) is 6.33 Å². The van der Waals surface area contributed by atoms with Crippen molar-refractivity contribution in [1.29, 1.82) is 0 Å². The average Bonchev–Trinajstić information content (AvgIpc) is 3.43. The summed E-state index contributed by atoms with van der Waals surface area (Å²) >= 11 is 0. The third kappa shape index (κ3) is 6.76. The molecule has 1 aliphatic rings. The maximum atomic E-state index is 13.9. The fourth-order valence-electron chi connectivity index (χ4n) is 4.23. The summed E-state index contributed by atoms with van der Waals surface area (Å²) in [6, 6.07) is 8.57. The fourth-order valence-corrected chi connectivity index (χ4v) is 6.16. The summed E-state index contributed by atoms with van der Waals surface area (Å²) in [6.07, 6.45) is 4.71. The number of aromatic amines is 1. The summed E-state index contributed by atoms with van der Waals surface area (Å²) in [7, 11) is -3.86. The predicted molar refractivity (Wildman–Crippen MR) is 146 cm³/mol. The molecule has 0 aliphatic heterocycles. The first-order valence-corrected chi connectivity index (χ1v) is 14.5. The third-order valence-corrected chi connectivity index (χ3v) is 8.58. The number of H-pyrrole nitrogens is 1. The monoisotopic (exact) mass is 559 g/mol. The Hall–Kier alpha value is -3.47. The number of aliphatic hydroxyl groups excluding tert-OH is 1. The molecule has 0 bridgehead atoms. The number of hydrogen-bond donors (Lipinski definition) is 3. The van der Waals surface area contributed by atoms with Gasteiger partial charge >= 0.3 is 13.6 Å². The van der Waals surface area contributed by atoms with E-state index >= 15 is 0 Å². The SMILES string of the molecule is CCC[C@H](C)OC(=O)[C@H](C)C[P@](=O)(OCC1(CO)C/C1=C/n1cnc2c(=O)[nH]c(N)nc21)Oc1ccccc1. The lowest BCUT2D eigenvalue weighted by molar-refractivity contribution is -0.152. The van der Waals surface area contributed by atoms with Gasteiger partial charge in [-0.3, -0.25) is 23.7 Å². The first-order chi connectivity index (χ1) is 18.6. The Morgan fingerprint density at radius 3 is 2.77 bits per heavy atom. The number of esters is 1. The minimum Gasteiger partial charge on any atom is -0.462 e. The molecular weight excluding hydrogens is 525 g/mol. The molecule has 3 aromatic rings. The lowest BCUT2D eigenvalue weighted by Gasteiger charge is -2.24. The molecule has 1 aliphatic carbocycles. The molecule has 39 heavy (non-hydrogen) atoms. The normalized spacial score (nSPS) is 20.9. The molecule has 2 aromatic heterocycles. The average molecular weight is 560 g/mol. The molecular formula is C26H34N5O7P. The number of carbonyl (C=O) groups is 1. The number of fused-ring (bicyclic) bond motifs is 1. The number of aromatic nitrogens is 4. The topological polar surface area (TPSA) is 172 Å². The van der Waals surface area contributed by atoms with Gasteiger partial charge in [0.25, 0.3) is 5.56 Å². The van der Waals surface area contributed by atoms with E-state index in [1.807, 2.05) is 13.8 Å². The number of hydrogen-bond acceptors (Lipinski definition) is 10. The number of imidazole rings is 1. The highest BCUT2D eigenvalue weighted by Crippen LogP contribution is 2.57. The van der Waals surface area contributed by atoms with E-state index in [0.29, 0.717) is 12.2 Å². The lowest BCUT2D eigenvalue weighted by atomic mass is 10.1. The molecule has 4 rings (SSSR count). The maximum absolute atomic E-state index is 13.9. The van der Waals surface area contributed by atoms with Crippen LogP contribution in [0.2, 0.25) is 0 Å². The summed E-state index contributed by atoms with van der Waals surface area (Å²) in [6.45, 7) is 5.05. The van der Waals surface area contributed by atoms with Crippen LogP contribution in [0.25, 0.3) is 17.4 Å². The minimum atomic E-state index is -3.86. The summed E-state index contributed by atoms with van der Waals surface area (Å²) < 4.78 is 32.7. The van der Waals surface area contributed by atoms with Crippen LogP contribution < -0.4 is 15.8 Å². The second-order valence-corrected chi connectivity index (χ2v) is 12.0. The Balaban J connectivity index is 1.52. The Kier molecular flexibility index (Phi) is 8.58. The summed E-state index contributed by atoms with van der Waals surface area (Å²) in [4.78, 5) is 35.4. The number of aliphatic hydroxyl groups is 1. The number of benzene rings is 1. The van der Waals surface area contributed by atoms with Crippen LogP contribution in [0.3, 0.4) is 0 Å². The maximum Gasteiger partial charge on any atom is 0.380 e. The standard InChI is InChI=1S/C26H34N5O7P/c1-4-8-18(3)37-24(34)17(2)13-39(35,38-20-9-6-5-7-10-20)36-15-26(14-32)11-19(26)12-31-16-28-21-22(31)29-25(27)30-23(21)33/h5-7,9-10,12,16-18,32H,4,8,11,13-15H2,1-3H3,(H3,27,29,30,33)/b19-12-/t17-,18+,26?,39+/m1/s1. The Labute approximate surface area is 225 Å². The van der Waals surface area contributed by atoms with Gasteiger partial charge in [-0.15, -0.1) is 0 Å². The molecule has 1 saturated carbocycles. The summed E-state index contributed by atoms with van der Waals surface area (Å²) in [5.41, 5.74) is 5.56. The highest BCUT2D eigenvalue weighted by atomic mass is 31.2. The van der Waals surface area contributed by atoms with E-state index in [1.54, 1.807) is 48.0 Å². The number of nitrogen functional groups attached to an aromatic ring is 1. The lowest BCUT2D eigenvalue weighted by Crippen LogP contribution is -2.25. The van der Waals surface area contributed by atoms with Crippen molar-refractivity contribution in [2.45, 2.75) is 46.1 Å². The number of nitrogens with one attached hydrogen (secondary N) is 1. The molecule has 2 heterocycles. The second kappa shape index (κ2) is 11.7. The van der Waals surface area contributed by atoms with Gasteiger partial charge in [0, 0.05) is 11.6 Å². The first kappa shape index (κ1) is 28.5. The first-order valence-electron chi connectivity index (χ1n) is 12.8. The smallest absolute Gasteiger partial charge is 0.380 e. The number of nitrogens with zero attached hydrogens (tertiary/aromatic N) is 3. The van der Waals surface area contributed by atoms with Crippen molar-refractivity contribution in [2.24, 2.45) is 11.3 Å². The van der Waals surface area contributed by atoms with Gasteiger partial charge in [-0.2, -0.15) is 4.98 Å². The Morgan fingerprint density at radius 1 is 1.33 bits per heavy atom. The van der Waals surface area contributed by atoms with Crippen molar-refractivity contribution in [1.82, 2.24) is 19.5 Å². The van der Waals surface area contributed by atoms with Gasteiger partial charge in [-0.1, -0.05) is 38.5 Å².